The van der Waals surface area contributed by atoms with E-state index >= 15 is 0 Å². The Bertz CT molecular complexity index is 304. The Morgan fingerprint density at radius 2 is 1.78 bits per heavy atom. The highest BCUT2D eigenvalue weighted by Gasteiger charge is 2.22. The minimum Gasteiger partial charge on any atom is -0.481 e. The normalized spacial score (nSPS) is 12.2. The third-order valence-electron chi connectivity index (χ3n) is 2.15. The predicted molar refractivity (Wildman–Crippen MR) is 64.2 cm³/mol. The molecule has 0 saturated carbocycles. The maximum Gasteiger partial charge on any atom is 0.326 e. The molecule has 0 aliphatic carbocycles. The Kier molecular flexibility index (Phi) is 7.69. The van der Waals surface area contributed by atoms with Gasteiger partial charge in [0.05, 0.1) is 6.42 Å². The van der Waals surface area contributed by atoms with Crippen LogP contribution in [-0.4, -0.2) is 46.7 Å². The number of rotatable bonds is 9. The molecule has 104 valence electrons. The SMILES string of the molecule is CC(C)NCCCC(=O)NC(CC(=O)O)C(=O)O. The summed E-state index contributed by atoms with van der Waals surface area (Å²) in [7, 11) is 0. The molecular formula is C11H20N2O5. The van der Waals surface area contributed by atoms with Crippen molar-refractivity contribution in [3.63, 3.8) is 0 Å². The molecule has 7 nitrogen and oxygen atoms in total. The molecule has 0 heterocycles. The first-order chi connectivity index (χ1) is 8.32. The maximum atomic E-state index is 11.4. The minimum absolute atomic E-state index is 0.170. The van der Waals surface area contributed by atoms with E-state index in [1.807, 2.05) is 13.8 Å². The molecule has 7 heteroatoms. The van der Waals surface area contributed by atoms with Crippen LogP contribution < -0.4 is 10.6 Å². The lowest BCUT2D eigenvalue weighted by molar-refractivity contribution is -0.147. The first-order valence-electron chi connectivity index (χ1n) is 5.80. The van der Waals surface area contributed by atoms with Crippen molar-refractivity contribution >= 4 is 17.8 Å². The standard InChI is InChI=1S/C11H20N2O5/c1-7(2)12-5-3-4-9(14)13-8(11(17)18)6-10(15)16/h7-8,12H,3-6H2,1-2H3,(H,13,14)(H,15,16)(H,17,18). The molecule has 1 amide bonds. The van der Waals surface area contributed by atoms with Gasteiger partial charge in [-0.15, -0.1) is 0 Å². The molecule has 1 unspecified atom stereocenters. The van der Waals surface area contributed by atoms with Crippen LogP contribution in [0.25, 0.3) is 0 Å². The van der Waals surface area contributed by atoms with Crippen molar-refractivity contribution in [1.29, 1.82) is 0 Å². The summed E-state index contributed by atoms with van der Waals surface area (Å²) in [5.41, 5.74) is 0. The maximum absolute atomic E-state index is 11.4. The Morgan fingerprint density at radius 3 is 2.22 bits per heavy atom. The molecule has 0 radical (unpaired) electrons. The number of amides is 1. The fourth-order valence-corrected chi connectivity index (χ4v) is 1.28. The van der Waals surface area contributed by atoms with E-state index in [4.69, 9.17) is 10.2 Å². The van der Waals surface area contributed by atoms with Crippen molar-refractivity contribution in [2.75, 3.05) is 6.54 Å². The summed E-state index contributed by atoms with van der Waals surface area (Å²) in [5.74, 6) is -3.05. The van der Waals surface area contributed by atoms with Crippen molar-refractivity contribution in [2.24, 2.45) is 0 Å². The van der Waals surface area contributed by atoms with Gasteiger partial charge in [-0.25, -0.2) is 4.79 Å². The number of carbonyl (C=O) groups excluding carboxylic acids is 1. The first kappa shape index (κ1) is 16.4. The summed E-state index contributed by atoms with van der Waals surface area (Å²) in [6, 6.07) is -1.04. The van der Waals surface area contributed by atoms with Crippen LogP contribution in [0.4, 0.5) is 0 Å². The molecule has 0 aromatic heterocycles. The first-order valence-corrected chi connectivity index (χ1v) is 5.80. The number of carbonyl (C=O) groups is 3. The van der Waals surface area contributed by atoms with Crippen molar-refractivity contribution < 1.29 is 24.6 Å². The molecule has 0 aromatic rings. The van der Waals surface area contributed by atoms with Gasteiger partial charge in [0.25, 0.3) is 0 Å². The van der Waals surface area contributed by atoms with E-state index in [0.29, 0.717) is 19.0 Å². The van der Waals surface area contributed by atoms with Crippen molar-refractivity contribution in [2.45, 2.75) is 45.2 Å². The van der Waals surface area contributed by atoms with Gasteiger partial charge in [-0.3, -0.25) is 9.59 Å². The number of hydrogen-bond donors (Lipinski definition) is 4. The zero-order chi connectivity index (χ0) is 14.1. The number of hydrogen-bond acceptors (Lipinski definition) is 4. The number of nitrogens with one attached hydrogen (secondary N) is 2. The van der Waals surface area contributed by atoms with Crippen LogP contribution in [0.15, 0.2) is 0 Å². The Hall–Kier alpha value is -1.63. The van der Waals surface area contributed by atoms with E-state index in [9.17, 15) is 14.4 Å². The minimum atomic E-state index is -1.37. The topological polar surface area (TPSA) is 116 Å². The number of carboxylic acids is 2. The van der Waals surface area contributed by atoms with Crippen LogP contribution in [-0.2, 0) is 14.4 Å². The molecule has 4 N–H and O–H groups in total. The Morgan fingerprint density at radius 1 is 1.17 bits per heavy atom. The molecule has 0 rings (SSSR count). The van der Waals surface area contributed by atoms with Gasteiger partial charge in [0.15, 0.2) is 0 Å². The fraction of sp³-hybridized carbons (Fsp3) is 0.727. The van der Waals surface area contributed by atoms with E-state index in [1.165, 1.54) is 0 Å². The zero-order valence-corrected chi connectivity index (χ0v) is 10.6. The second-order valence-corrected chi connectivity index (χ2v) is 4.27. The molecule has 1 atom stereocenters. The quantitative estimate of drug-likeness (QED) is 0.427. The average Bonchev–Trinajstić information content (AvgIpc) is 2.22. The predicted octanol–water partition coefficient (Wildman–Crippen LogP) is -0.191. The molecule has 0 aromatic carbocycles. The summed E-state index contributed by atoms with van der Waals surface area (Å²) in [4.78, 5) is 32.5. The van der Waals surface area contributed by atoms with Gasteiger partial charge in [0.2, 0.25) is 5.91 Å². The smallest absolute Gasteiger partial charge is 0.326 e. The Labute approximate surface area is 106 Å². The van der Waals surface area contributed by atoms with E-state index in [-0.39, 0.29) is 6.42 Å². The molecule has 0 saturated heterocycles. The number of carboxylic acid groups (broad SMARTS) is 2. The summed E-state index contributed by atoms with van der Waals surface area (Å²) in [6.45, 7) is 4.61. The van der Waals surface area contributed by atoms with Crippen molar-refractivity contribution in [3.05, 3.63) is 0 Å². The van der Waals surface area contributed by atoms with Crippen LogP contribution in [0.2, 0.25) is 0 Å². The van der Waals surface area contributed by atoms with Crippen LogP contribution in [0.1, 0.15) is 33.1 Å². The third-order valence-corrected chi connectivity index (χ3v) is 2.15. The van der Waals surface area contributed by atoms with Crippen molar-refractivity contribution in [1.82, 2.24) is 10.6 Å². The molecule has 0 spiro atoms. The average molecular weight is 260 g/mol. The molecule has 0 fully saturated rings. The fourth-order valence-electron chi connectivity index (χ4n) is 1.28. The van der Waals surface area contributed by atoms with Gasteiger partial charge in [0.1, 0.15) is 6.04 Å². The van der Waals surface area contributed by atoms with Gasteiger partial charge in [-0.2, -0.15) is 0 Å². The second kappa shape index (κ2) is 8.46. The molecule has 0 aliphatic heterocycles. The lowest BCUT2D eigenvalue weighted by Gasteiger charge is -2.12. The van der Waals surface area contributed by atoms with Gasteiger partial charge in [-0.05, 0) is 13.0 Å². The highest BCUT2D eigenvalue weighted by Crippen LogP contribution is 1.96. The highest BCUT2D eigenvalue weighted by atomic mass is 16.4. The van der Waals surface area contributed by atoms with Gasteiger partial charge in [0, 0.05) is 12.5 Å². The monoisotopic (exact) mass is 260 g/mol. The molecule has 0 aliphatic rings. The highest BCUT2D eigenvalue weighted by molar-refractivity contribution is 5.86. The van der Waals surface area contributed by atoms with Gasteiger partial charge < -0.3 is 20.8 Å². The van der Waals surface area contributed by atoms with Crippen LogP contribution in [0, 0.1) is 0 Å². The summed E-state index contributed by atoms with van der Waals surface area (Å²) in [5, 5.41) is 22.5. The summed E-state index contributed by atoms with van der Waals surface area (Å²) in [6.07, 6.45) is 0.123. The van der Waals surface area contributed by atoms with E-state index < -0.39 is 30.3 Å². The van der Waals surface area contributed by atoms with Crippen molar-refractivity contribution in [3.8, 4) is 0 Å². The van der Waals surface area contributed by atoms with Crippen LogP contribution >= 0.6 is 0 Å². The largest absolute Gasteiger partial charge is 0.481 e. The second-order valence-electron chi connectivity index (χ2n) is 4.27. The summed E-state index contributed by atoms with van der Waals surface area (Å²) < 4.78 is 0. The van der Waals surface area contributed by atoms with Crippen LogP contribution in [0.5, 0.6) is 0 Å². The van der Waals surface area contributed by atoms with Gasteiger partial charge >= 0.3 is 11.9 Å². The Balaban J connectivity index is 3.95. The summed E-state index contributed by atoms with van der Waals surface area (Å²) >= 11 is 0. The lowest BCUT2D eigenvalue weighted by atomic mass is 10.2. The van der Waals surface area contributed by atoms with E-state index in [2.05, 4.69) is 10.6 Å². The molecular weight excluding hydrogens is 240 g/mol. The third kappa shape index (κ3) is 8.51. The lowest BCUT2D eigenvalue weighted by Crippen LogP contribution is -2.42. The number of aliphatic carboxylic acids is 2. The van der Waals surface area contributed by atoms with Gasteiger partial charge in [-0.1, -0.05) is 13.8 Å². The zero-order valence-electron chi connectivity index (χ0n) is 10.6. The molecule has 0 bridgehead atoms. The van der Waals surface area contributed by atoms with Crippen LogP contribution in [0.3, 0.4) is 0 Å². The van der Waals surface area contributed by atoms with E-state index in [1.54, 1.807) is 0 Å². The van der Waals surface area contributed by atoms with E-state index in [0.717, 1.165) is 0 Å². The molecule has 18 heavy (non-hydrogen) atoms.